The van der Waals surface area contributed by atoms with Crippen molar-refractivity contribution in [1.29, 1.82) is 0 Å². The minimum Gasteiger partial charge on any atom is -0.330 e. The number of benzene rings is 1. The van der Waals surface area contributed by atoms with Gasteiger partial charge in [-0.1, -0.05) is 56.0 Å². The number of halogens is 2. The van der Waals surface area contributed by atoms with E-state index in [9.17, 15) is 0 Å². The molecule has 1 aromatic rings. The number of hydrogen-bond acceptors (Lipinski definition) is 1. The van der Waals surface area contributed by atoms with Gasteiger partial charge in [-0.05, 0) is 36.1 Å². The zero-order valence-corrected chi connectivity index (χ0v) is 11.4. The van der Waals surface area contributed by atoms with Gasteiger partial charge in [0.25, 0.3) is 0 Å². The summed E-state index contributed by atoms with van der Waals surface area (Å²) in [5.41, 5.74) is 7.04. The van der Waals surface area contributed by atoms with Crippen LogP contribution in [0.15, 0.2) is 18.2 Å². The van der Waals surface area contributed by atoms with Crippen molar-refractivity contribution in [1.82, 2.24) is 0 Å². The van der Waals surface area contributed by atoms with Crippen LogP contribution in [0.1, 0.15) is 38.2 Å². The molecule has 1 aromatic carbocycles. The lowest BCUT2D eigenvalue weighted by Gasteiger charge is -2.23. The minimum atomic E-state index is 0.370. The summed E-state index contributed by atoms with van der Waals surface area (Å²) in [6, 6.07) is 5.81. The zero-order chi connectivity index (χ0) is 12.1. The van der Waals surface area contributed by atoms with Crippen molar-refractivity contribution >= 4 is 23.2 Å². The molecule has 0 amide bonds. The lowest BCUT2D eigenvalue weighted by molar-refractivity contribution is 0.430. The molecule has 0 fully saturated rings. The van der Waals surface area contributed by atoms with Crippen LogP contribution in [0.4, 0.5) is 0 Å². The summed E-state index contributed by atoms with van der Waals surface area (Å²) >= 11 is 11.9. The van der Waals surface area contributed by atoms with Gasteiger partial charge in [0.15, 0.2) is 0 Å². The van der Waals surface area contributed by atoms with Gasteiger partial charge in [0.2, 0.25) is 0 Å². The van der Waals surface area contributed by atoms with Crippen molar-refractivity contribution in [2.24, 2.45) is 11.7 Å². The molecule has 0 spiro atoms. The van der Waals surface area contributed by atoms with E-state index in [0.717, 1.165) is 0 Å². The normalized spacial score (nSPS) is 14.8. The molecule has 0 bridgehead atoms. The van der Waals surface area contributed by atoms with E-state index < -0.39 is 0 Å². The molecular weight excluding hydrogens is 241 g/mol. The van der Waals surface area contributed by atoms with Crippen LogP contribution in [-0.4, -0.2) is 6.54 Å². The predicted octanol–water partition coefficient (Wildman–Crippen LogP) is 4.47. The molecule has 2 unspecified atom stereocenters. The van der Waals surface area contributed by atoms with Gasteiger partial charge in [0, 0.05) is 0 Å². The van der Waals surface area contributed by atoms with E-state index in [4.69, 9.17) is 28.9 Å². The summed E-state index contributed by atoms with van der Waals surface area (Å²) in [4.78, 5) is 0. The molecule has 2 atom stereocenters. The summed E-state index contributed by atoms with van der Waals surface area (Å²) in [5.74, 6) is 0.946. The first-order chi connectivity index (χ1) is 7.60. The Morgan fingerprint density at radius 3 is 2.44 bits per heavy atom. The molecule has 0 aliphatic rings. The molecule has 1 rings (SSSR count). The zero-order valence-electron chi connectivity index (χ0n) is 9.84. The average Bonchev–Trinajstić information content (AvgIpc) is 2.25. The molecule has 0 radical (unpaired) electrons. The average molecular weight is 260 g/mol. The second-order valence-electron chi connectivity index (χ2n) is 4.28. The Hall–Kier alpha value is -0.240. The van der Waals surface area contributed by atoms with Crippen LogP contribution < -0.4 is 5.73 Å². The molecule has 1 nitrogen and oxygen atoms in total. The summed E-state index contributed by atoms with van der Waals surface area (Å²) in [7, 11) is 0. The topological polar surface area (TPSA) is 26.0 Å². The Balaban J connectivity index is 2.90. The second kappa shape index (κ2) is 6.48. The Morgan fingerprint density at radius 1 is 1.25 bits per heavy atom. The monoisotopic (exact) mass is 259 g/mol. The van der Waals surface area contributed by atoms with E-state index in [1.54, 1.807) is 0 Å². The van der Waals surface area contributed by atoms with Crippen LogP contribution in [0.25, 0.3) is 0 Å². The summed E-state index contributed by atoms with van der Waals surface area (Å²) in [6.45, 7) is 5.08. The van der Waals surface area contributed by atoms with E-state index in [0.29, 0.717) is 28.4 Å². The first-order valence-corrected chi connectivity index (χ1v) is 6.50. The molecule has 0 aliphatic heterocycles. The molecule has 90 valence electrons. The molecule has 2 N–H and O–H groups in total. The molecule has 0 aliphatic carbocycles. The van der Waals surface area contributed by atoms with Crippen molar-refractivity contribution in [2.75, 3.05) is 6.54 Å². The van der Waals surface area contributed by atoms with Crippen LogP contribution in [0.3, 0.4) is 0 Å². The van der Waals surface area contributed by atoms with Crippen molar-refractivity contribution < 1.29 is 0 Å². The van der Waals surface area contributed by atoms with E-state index in [1.807, 2.05) is 18.2 Å². The number of rotatable bonds is 5. The highest BCUT2D eigenvalue weighted by Gasteiger charge is 2.17. The lowest BCUT2D eigenvalue weighted by Crippen LogP contribution is -2.19. The third-order valence-electron chi connectivity index (χ3n) is 3.06. The van der Waals surface area contributed by atoms with E-state index >= 15 is 0 Å². The quantitative estimate of drug-likeness (QED) is 0.830. The van der Waals surface area contributed by atoms with E-state index in [-0.39, 0.29) is 0 Å². The van der Waals surface area contributed by atoms with E-state index in [2.05, 4.69) is 13.8 Å². The van der Waals surface area contributed by atoms with Crippen LogP contribution in [0, 0.1) is 5.92 Å². The molecule has 0 saturated heterocycles. The molecule has 3 heteroatoms. The number of nitrogens with two attached hydrogens (primary N) is 1. The molecule has 0 aromatic heterocycles. The summed E-state index contributed by atoms with van der Waals surface area (Å²) in [5, 5.41) is 1.21. The maximum atomic E-state index is 6.02. The largest absolute Gasteiger partial charge is 0.330 e. The predicted molar refractivity (Wildman–Crippen MR) is 72.3 cm³/mol. The van der Waals surface area contributed by atoms with Gasteiger partial charge < -0.3 is 5.73 Å². The highest BCUT2D eigenvalue weighted by molar-refractivity contribution is 6.42. The van der Waals surface area contributed by atoms with Gasteiger partial charge in [-0.15, -0.1) is 0 Å². The first-order valence-electron chi connectivity index (χ1n) is 5.75. The van der Waals surface area contributed by atoms with Crippen molar-refractivity contribution in [2.45, 2.75) is 32.6 Å². The molecule has 0 heterocycles. The number of hydrogen-bond donors (Lipinski definition) is 1. The van der Waals surface area contributed by atoms with Crippen LogP contribution in [0.2, 0.25) is 10.0 Å². The van der Waals surface area contributed by atoms with Gasteiger partial charge in [-0.3, -0.25) is 0 Å². The second-order valence-corrected chi connectivity index (χ2v) is 5.10. The smallest absolute Gasteiger partial charge is 0.0595 e. The van der Waals surface area contributed by atoms with Crippen LogP contribution in [0.5, 0.6) is 0 Å². The van der Waals surface area contributed by atoms with Crippen molar-refractivity contribution in [3.63, 3.8) is 0 Å². The van der Waals surface area contributed by atoms with Gasteiger partial charge in [0.05, 0.1) is 10.0 Å². The SMILES string of the molecule is CCCC(C)C(CN)c1ccc(Cl)c(Cl)c1. The van der Waals surface area contributed by atoms with Crippen molar-refractivity contribution in [3.8, 4) is 0 Å². The third-order valence-corrected chi connectivity index (χ3v) is 3.80. The van der Waals surface area contributed by atoms with Crippen LogP contribution >= 0.6 is 23.2 Å². The summed E-state index contributed by atoms with van der Waals surface area (Å²) < 4.78 is 0. The Morgan fingerprint density at radius 2 is 1.94 bits per heavy atom. The molecule has 0 saturated carbocycles. The maximum absolute atomic E-state index is 6.02. The summed E-state index contributed by atoms with van der Waals surface area (Å²) in [6.07, 6.45) is 2.36. The maximum Gasteiger partial charge on any atom is 0.0595 e. The molecule has 16 heavy (non-hydrogen) atoms. The first kappa shape index (κ1) is 13.8. The van der Waals surface area contributed by atoms with Gasteiger partial charge in [-0.25, -0.2) is 0 Å². The standard InChI is InChI=1S/C13H19Cl2N/c1-3-4-9(2)11(8-16)10-5-6-12(14)13(15)7-10/h5-7,9,11H,3-4,8,16H2,1-2H3. The minimum absolute atomic E-state index is 0.370. The fourth-order valence-electron chi connectivity index (χ4n) is 2.10. The Kier molecular flexibility index (Phi) is 5.60. The van der Waals surface area contributed by atoms with Gasteiger partial charge >= 0.3 is 0 Å². The van der Waals surface area contributed by atoms with Gasteiger partial charge in [-0.2, -0.15) is 0 Å². The fraction of sp³-hybridized carbons (Fsp3) is 0.538. The highest BCUT2D eigenvalue weighted by Crippen LogP contribution is 2.31. The third kappa shape index (κ3) is 3.38. The fourth-order valence-corrected chi connectivity index (χ4v) is 2.40. The molecular formula is C13H19Cl2N. The van der Waals surface area contributed by atoms with Crippen molar-refractivity contribution in [3.05, 3.63) is 33.8 Å². The van der Waals surface area contributed by atoms with Crippen LogP contribution in [-0.2, 0) is 0 Å². The Labute approximate surface area is 108 Å². The van der Waals surface area contributed by atoms with E-state index in [1.165, 1.54) is 18.4 Å². The lowest BCUT2D eigenvalue weighted by atomic mass is 9.85. The highest BCUT2D eigenvalue weighted by atomic mass is 35.5. The Bertz CT molecular complexity index is 339. The van der Waals surface area contributed by atoms with Gasteiger partial charge in [0.1, 0.15) is 0 Å².